The summed E-state index contributed by atoms with van der Waals surface area (Å²) >= 11 is 7.16. The normalized spacial score (nSPS) is 17.3. The van der Waals surface area contributed by atoms with E-state index in [4.69, 9.17) is 16.3 Å². The Bertz CT molecular complexity index is 657. The van der Waals surface area contributed by atoms with Gasteiger partial charge in [-0.1, -0.05) is 23.4 Å². The van der Waals surface area contributed by atoms with Gasteiger partial charge in [0.2, 0.25) is 11.1 Å². The number of hydrogen-bond acceptors (Lipinski definition) is 6. The molecule has 1 saturated heterocycles. The number of hydrogen-bond donors (Lipinski definition) is 1. The Balaban J connectivity index is 1.53. The number of ether oxygens (including phenoxy) is 1. The largest absolute Gasteiger partial charge is 0.376 e. The molecule has 0 spiro atoms. The maximum atomic E-state index is 11.9. The SMILES string of the molecule is O=C(CSc1nnnn1-c1ccc(Cl)cc1)NCC1CCCO1. The molecular weight excluding hydrogens is 338 g/mol. The lowest BCUT2D eigenvalue weighted by atomic mass is 10.2. The quantitative estimate of drug-likeness (QED) is 0.796. The number of carbonyl (C=O) groups is 1. The zero-order valence-corrected chi connectivity index (χ0v) is 13.9. The van der Waals surface area contributed by atoms with E-state index in [1.165, 1.54) is 11.8 Å². The molecule has 2 aromatic rings. The summed E-state index contributed by atoms with van der Waals surface area (Å²) < 4.78 is 7.05. The molecule has 0 saturated carbocycles. The second-order valence-electron chi connectivity index (χ2n) is 5.08. The number of benzene rings is 1. The average Bonchev–Trinajstić information content (AvgIpc) is 3.23. The van der Waals surface area contributed by atoms with Crippen LogP contribution >= 0.6 is 23.4 Å². The smallest absolute Gasteiger partial charge is 0.230 e. The van der Waals surface area contributed by atoms with Gasteiger partial charge >= 0.3 is 0 Å². The summed E-state index contributed by atoms with van der Waals surface area (Å²) in [5.74, 6) is 0.192. The van der Waals surface area contributed by atoms with Crippen LogP contribution in [0.3, 0.4) is 0 Å². The van der Waals surface area contributed by atoms with E-state index in [1.54, 1.807) is 16.8 Å². The molecule has 1 aromatic heterocycles. The van der Waals surface area contributed by atoms with Gasteiger partial charge in [0.05, 0.1) is 17.5 Å². The monoisotopic (exact) mass is 353 g/mol. The van der Waals surface area contributed by atoms with E-state index in [2.05, 4.69) is 20.8 Å². The van der Waals surface area contributed by atoms with Crippen LogP contribution in [0.15, 0.2) is 29.4 Å². The lowest BCUT2D eigenvalue weighted by Gasteiger charge is -2.10. The summed E-state index contributed by atoms with van der Waals surface area (Å²) in [4.78, 5) is 11.9. The number of carbonyl (C=O) groups excluding carboxylic acids is 1. The molecule has 1 aromatic carbocycles. The molecule has 1 unspecified atom stereocenters. The first-order valence-electron chi connectivity index (χ1n) is 7.28. The van der Waals surface area contributed by atoms with Crippen molar-refractivity contribution in [3.05, 3.63) is 29.3 Å². The van der Waals surface area contributed by atoms with Gasteiger partial charge in [-0.25, -0.2) is 0 Å². The summed E-state index contributed by atoms with van der Waals surface area (Å²) in [5, 5.41) is 15.6. The number of aromatic nitrogens is 4. The summed E-state index contributed by atoms with van der Waals surface area (Å²) in [6.07, 6.45) is 2.20. The molecule has 0 aliphatic carbocycles. The van der Waals surface area contributed by atoms with E-state index in [0.717, 1.165) is 25.1 Å². The minimum Gasteiger partial charge on any atom is -0.376 e. The highest BCUT2D eigenvalue weighted by Crippen LogP contribution is 2.19. The Kier molecular flexibility index (Phi) is 5.47. The van der Waals surface area contributed by atoms with E-state index in [1.807, 2.05) is 12.1 Å². The zero-order chi connectivity index (χ0) is 16.1. The van der Waals surface area contributed by atoms with Crippen molar-refractivity contribution in [3.63, 3.8) is 0 Å². The van der Waals surface area contributed by atoms with Gasteiger partial charge in [-0.05, 0) is 47.5 Å². The minimum absolute atomic E-state index is 0.0591. The van der Waals surface area contributed by atoms with Crippen molar-refractivity contribution in [2.75, 3.05) is 18.9 Å². The Hall–Kier alpha value is -1.64. The number of thioether (sulfide) groups is 1. The van der Waals surface area contributed by atoms with Crippen molar-refractivity contribution in [1.82, 2.24) is 25.5 Å². The molecular formula is C14H16ClN5O2S. The van der Waals surface area contributed by atoms with E-state index in [0.29, 0.717) is 16.7 Å². The van der Waals surface area contributed by atoms with Crippen molar-refractivity contribution < 1.29 is 9.53 Å². The molecule has 0 radical (unpaired) electrons. The lowest BCUT2D eigenvalue weighted by molar-refractivity contribution is -0.119. The highest BCUT2D eigenvalue weighted by atomic mass is 35.5. The summed E-state index contributed by atoms with van der Waals surface area (Å²) in [6.45, 7) is 1.34. The van der Waals surface area contributed by atoms with Gasteiger partial charge in [-0.2, -0.15) is 4.68 Å². The Morgan fingerprint density at radius 1 is 1.43 bits per heavy atom. The van der Waals surface area contributed by atoms with E-state index < -0.39 is 0 Å². The van der Waals surface area contributed by atoms with Crippen LogP contribution in [-0.2, 0) is 9.53 Å². The van der Waals surface area contributed by atoms with Crippen LogP contribution in [0.4, 0.5) is 0 Å². The molecule has 1 amide bonds. The maximum Gasteiger partial charge on any atom is 0.230 e. The summed E-state index contributed by atoms with van der Waals surface area (Å²) in [5.41, 5.74) is 0.793. The first-order valence-corrected chi connectivity index (χ1v) is 8.64. The van der Waals surface area contributed by atoms with Crippen molar-refractivity contribution in [1.29, 1.82) is 0 Å². The van der Waals surface area contributed by atoms with Crippen molar-refractivity contribution in [3.8, 4) is 5.69 Å². The van der Waals surface area contributed by atoms with Crippen LogP contribution in [-0.4, -0.2) is 51.1 Å². The predicted octanol–water partition coefficient (Wildman–Crippen LogP) is 1.70. The van der Waals surface area contributed by atoms with Crippen LogP contribution in [0.5, 0.6) is 0 Å². The van der Waals surface area contributed by atoms with Crippen molar-refractivity contribution in [2.45, 2.75) is 24.1 Å². The molecule has 7 nitrogen and oxygen atoms in total. The van der Waals surface area contributed by atoms with E-state index >= 15 is 0 Å². The molecule has 23 heavy (non-hydrogen) atoms. The van der Waals surface area contributed by atoms with Crippen LogP contribution in [0, 0.1) is 0 Å². The van der Waals surface area contributed by atoms with Gasteiger partial charge in [0.1, 0.15) is 0 Å². The molecule has 122 valence electrons. The van der Waals surface area contributed by atoms with Gasteiger partial charge in [0.25, 0.3) is 0 Å². The number of halogens is 1. The minimum atomic E-state index is -0.0591. The maximum absolute atomic E-state index is 11.9. The first kappa shape index (κ1) is 16.2. The van der Waals surface area contributed by atoms with Gasteiger partial charge in [-0.15, -0.1) is 5.10 Å². The number of tetrazole rings is 1. The number of nitrogens with zero attached hydrogens (tertiary/aromatic N) is 4. The lowest BCUT2D eigenvalue weighted by Crippen LogP contribution is -2.32. The molecule has 1 atom stereocenters. The fourth-order valence-corrected chi connectivity index (χ4v) is 3.07. The highest BCUT2D eigenvalue weighted by Gasteiger charge is 2.17. The number of amides is 1. The molecule has 1 aliphatic rings. The fourth-order valence-electron chi connectivity index (χ4n) is 2.23. The summed E-state index contributed by atoms with van der Waals surface area (Å²) in [6, 6.07) is 7.17. The molecule has 1 N–H and O–H groups in total. The Morgan fingerprint density at radius 3 is 3.00 bits per heavy atom. The van der Waals surface area contributed by atoms with E-state index in [9.17, 15) is 4.79 Å². The Morgan fingerprint density at radius 2 is 2.26 bits per heavy atom. The standard InChI is InChI=1S/C14H16ClN5O2S/c15-10-3-5-11(6-4-10)20-14(17-18-19-20)23-9-13(21)16-8-12-2-1-7-22-12/h3-6,12H,1-2,7-9H2,(H,16,21). The van der Waals surface area contributed by atoms with Crippen LogP contribution in [0.25, 0.3) is 5.69 Å². The van der Waals surface area contributed by atoms with E-state index in [-0.39, 0.29) is 17.8 Å². The van der Waals surface area contributed by atoms with Crippen LogP contribution in [0.2, 0.25) is 5.02 Å². The second kappa shape index (κ2) is 7.76. The topological polar surface area (TPSA) is 81.9 Å². The third kappa shape index (κ3) is 4.43. The molecule has 2 heterocycles. The van der Waals surface area contributed by atoms with Crippen molar-refractivity contribution >= 4 is 29.3 Å². The molecule has 1 aliphatic heterocycles. The third-order valence-corrected chi connectivity index (χ3v) is 4.57. The predicted molar refractivity (Wildman–Crippen MR) is 86.9 cm³/mol. The van der Waals surface area contributed by atoms with Crippen LogP contribution in [0.1, 0.15) is 12.8 Å². The molecule has 1 fully saturated rings. The number of nitrogens with one attached hydrogen (secondary N) is 1. The van der Waals surface area contributed by atoms with Gasteiger partial charge in [0.15, 0.2) is 0 Å². The van der Waals surface area contributed by atoms with Gasteiger partial charge in [0, 0.05) is 18.2 Å². The summed E-state index contributed by atoms with van der Waals surface area (Å²) in [7, 11) is 0. The molecule has 9 heteroatoms. The van der Waals surface area contributed by atoms with Crippen molar-refractivity contribution in [2.24, 2.45) is 0 Å². The zero-order valence-electron chi connectivity index (χ0n) is 12.3. The average molecular weight is 354 g/mol. The van der Waals surface area contributed by atoms with Gasteiger partial charge < -0.3 is 10.1 Å². The molecule has 0 bridgehead atoms. The van der Waals surface area contributed by atoms with Crippen LogP contribution < -0.4 is 5.32 Å². The first-order chi connectivity index (χ1) is 11.2. The number of rotatable bonds is 6. The third-order valence-electron chi connectivity index (χ3n) is 3.40. The Labute approximate surface area is 142 Å². The van der Waals surface area contributed by atoms with Gasteiger partial charge in [-0.3, -0.25) is 4.79 Å². The molecule has 3 rings (SSSR count). The fraction of sp³-hybridized carbons (Fsp3) is 0.429. The second-order valence-corrected chi connectivity index (χ2v) is 6.46. The highest BCUT2D eigenvalue weighted by molar-refractivity contribution is 7.99.